The molecule has 0 spiro atoms. The molecule has 0 heterocycles. The first kappa shape index (κ1) is 8.63. The second kappa shape index (κ2) is 4.50. The SMILES string of the molecule is C/C=C(Br)\C=C/C(C)=N. The lowest BCUT2D eigenvalue weighted by Crippen LogP contribution is -1.76. The van der Waals surface area contributed by atoms with Gasteiger partial charge in [0.25, 0.3) is 0 Å². The number of hydrogen-bond donors (Lipinski definition) is 1. The van der Waals surface area contributed by atoms with Gasteiger partial charge in [-0.3, -0.25) is 0 Å². The fourth-order valence-corrected chi connectivity index (χ4v) is 0.433. The van der Waals surface area contributed by atoms with E-state index in [0.29, 0.717) is 5.71 Å². The van der Waals surface area contributed by atoms with Crippen LogP contribution in [0.25, 0.3) is 0 Å². The van der Waals surface area contributed by atoms with Crippen molar-refractivity contribution < 1.29 is 0 Å². The predicted molar refractivity (Wildman–Crippen MR) is 45.2 cm³/mol. The van der Waals surface area contributed by atoms with Crippen LogP contribution in [0.5, 0.6) is 0 Å². The van der Waals surface area contributed by atoms with Crippen molar-refractivity contribution in [1.29, 1.82) is 5.41 Å². The van der Waals surface area contributed by atoms with E-state index >= 15 is 0 Å². The summed E-state index contributed by atoms with van der Waals surface area (Å²) < 4.78 is 1.01. The smallest absolute Gasteiger partial charge is 0.0283 e. The molecule has 0 saturated heterocycles. The van der Waals surface area contributed by atoms with Gasteiger partial charge in [0.1, 0.15) is 0 Å². The summed E-state index contributed by atoms with van der Waals surface area (Å²) in [6.07, 6.45) is 5.52. The first-order valence-corrected chi connectivity index (χ1v) is 3.51. The molecule has 0 aromatic heterocycles. The Morgan fingerprint density at radius 1 is 1.44 bits per heavy atom. The molecule has 2 heteroatoms. The van der Waals surface area contributed by atoms with E-state index in [1.165, 1.54) is 0 Å². The fraction of sp³-hybridized carbons (Fsp3) is 0.286. The van der Waals surface area contributed by atoms with Crippen molar-refractivity contribution in [2.75, 3.05) is 0 Å². The molecule has 0 bridgehead atoms. The van der Waals surface area contributed by atoms with Crippen molar-refractivity contribution in [3.63, 3.8) is 0 Å². The zero-order valence-electron chi connectivity index (χ0n) is 5.61. The minimum atomic E-state index is 0.564. The normalized spacial score (nSPS) is 12.6. The van der Waals surface area contributed by atoms with Gasteiger partial charge in [0.05, 0.1) is 0 Å². The summed E-state index contributed by atoms with van der Waals surface area (Å²) in [5.41, 5.74) is 0.564. The number of allylic oxidation sites excluding steroid dienone is 4. The average Bonchev–Trinajstić information content (AvgIpc) is 1.83. The molecule has 1 nitrogen and oxygen atoms in total. The van der Waals surface area contributed by atoms with E-state index in [0.717, 1.165) is 4.48 Å². The van der Waals surface area contributed by atoms with Gasteiger partial charge in [-0.15, -0.1) is 0 Å². The van der Waals surface area contributed by atoms with E-state index in [2.05, 4.69) is 15.9 Å². The summed E-state index contributed by atoms with van der Waals surface area (Å²) in [5, 5.41) is 7.03. The number of halogens is 1. The summed E-state index contributed by atoms with van der Waals surface area (Å²) in [4.78, 5) is 0. The second-order valence-corrected chi connectivity index (χ2v) is 2.61. The molecule has 1 N–H and O–H groups in total. The van der Waals surface area contributed by atoms with Gasteiger partial charge < -0.3 is 5.41 Å². The third-order valence-electron chi connectivity index (χ3n) is 0.768. The summed E-state index contributed by atoms with van der Waals surface area (Å²) in [6.45, 7) is 3.68. The molecule has 0 aliphatic rings. The Kier molecular flexibility index (Phi) is 4.32. The molecule has 50 valence electrons. The van der Waals surface area contributed by atoms with Gasteiger partial charge in [0, 0.05) is 10.2 Å². The predicted octanol–water partition coefficient (Wildman–Crippen LogP) is 2.88. The lowest BCUT2D eigenvalue weighted by atomic mass is 10.3. The summed E-state index contributed by atoms with van der Waals surface area (Å²) in [7, 11) is 0. The lowest BCUT2D eigenvalue weighted by molar-refractivity contribution is 1.50. The molecule has 9 heavy (non-hydrogen) atoms. The molecule has 0 aromatic carbocycles. The number of rotatable bonds is 2. The Balaban J connectivity index is 3.86. The van der Waals surface area contributed by atoms with Gasteiger partial charge >= 0.3 is 0 Å². The standard InChI is InChI=1S/C7H10BrN/c1-3-7(8)5-4-6(2)9/h3-5,9H,1-2H3/b5-4-,7-3+,9-6?. The Morgan fingerprint density at radius 3 is 2.33 bits per heavy atom. The van der Waals surface area contributed by atoms with Crippen LogP contribution in [0.3, 0.4) is 0 Å². The molecular formula is C7H10BrN. The first-order chi connectivity index (χ1) is 4.16. The summed E-state index contributed by atoms with van der Waals surface area (Å²) in [6, 6.07) is 0. The Hall–Kier alpha value is -0.370. The minimum Gasteiger partial charge on any atom is -0.306 e. The highest BCUT2D eigenvalue weighted by atomic mass is 79.9. The highest BCUT2D eigenvalue weighted by Gasteiger charge is 1.79. The molecule has 0 radical (unpaired) electrons. The van der Waals surface area contributed by atoms with Crippen LogP contribution < -0.4 is 0 Å². The van der Waals surface area contributed by atoms with Crippen molar-refractivity contribution >= 4 is 21.6 Å². The third-order valence-corrected chi connectivity index (χ3v) is 1.49. The topological polar surface area (TPSA) is 23.9 Å². The highest BCUT2D eigenvalue weighted by molar-refractivity contribution is 9.11. The van der Waals surface area contributed by atoms with Crippen LogP contribution in [0.1, 0.15) is 13.8 Å². The minimum absolute atomic E-state index is 0.564. The van der Waals surface area contributed by atoms with Crippen molar-refractivity contribution in [2.24, 2.45) is 0 Å². The molecule has 0 rings (SSSR count). The van der Waals surface area contributed by atoms with Crippen molar-refractivity contribution in [3.8, 4) is 0 Å². The largest absolute Gasteiger partial charge is 0.306 e. The van der Waals surface area contributed by atoms with Gasteiger partial charge in [0.15, 0.2) is 0 Å². The first-order valence-electron chi connectivity index (χ1n) is 2.72. The maximum Gasteiger partial charge on any atom is 0.0283 e. The van der Waals surface area contributed by atoms with Crippen molar-refractivity contribution in [3.05, 3.63) is 22.7 Å². The summed E-state index contributed by atoms with van der Waals surface area (Å²) in [5.74, 6) is 0. The zero-order valence-corrected chi connectivity index (χ0v) is 7.20. The van der Waals surface area contributed by atoms with Gasteiger partial charge in [-0.25, -0.2) is 0 Å². The van der Waals surface area contributed by atoms with Crippen LogP contribution in [0.2, 0.25) is 0 Å². The van der Waals surface area contributed by atoms with Crippen molar-refractivity contribution in [2.45, 2.75) is 13.8 Å². The van der Waals surface area contributed by atoms with Crippen molar-refractivity contribution in [1.82, 2.24) is 0 Å². The van der Waals surface area contributed by atoms with Crippen LogP contribution in [-0.4, -0.2) is 5.71 Å². The Bertz CT molecular complexity index is 156. The van der Waals surface area contributed by atoms with Gasteiger partial charge in [-0.2, -0.15) is 0 Å². The molecule has 0 aliphatic carbocycles. The number of hydrogen-bond acceptors (Lipinski definition) is 1. The molecule has 0 amide bonds. The Labute approximate surface area is 64.1 Å². The Morgan fingerprint density at radius 2 is 2.00 bits per heavy atom. The van der Waals surface area contributed by atoms with Gasteiger partial charge in [-0.1, -0.05) is 22.0 Å². The number of nitrogens with one attached hydrogen (secondary N) is 1. The van der Waals surface area contributed by atoms with E-state index in [1.807, 2.05) is 19.1 Å². The monoisotopic (exact) mass is 187 g/mol. The lowest BCUT2D eigenvalue weighted by Gasteiger charge is -1.83. The van der Waals surface area contributed by atoms with E-state index in [9.17, 15) is 0 Å². The molecule has 0 fully saturated rings. The molecule has 0 unspecified atom stereocenters. The molecular weight excluding hydrogens is 178 g/mol. The summed E-state index contributed by atoms with van der Waals surface area (Å²) >= 11 is 3.28. The van der Waals surface area contributed by atoms with Crippen LogP contribution in [0, 0.1) is 5.41 Å². The molecule has 0 aliphatic heterocycles. The highest BCUT2D eigenvalue weighted by Crippen LogP contribution is 2.04. The van der Waals surface area contributed by atoms with E-state index in [1.54, 1.807) is 13.0 Å². The molecule has 0 saturated carbocycles. The maximum absolute atomic E-state index is 7.03. The third kappa shape index (κ3) is 5.50. The fourth-order valence-electron chi connectivity index (χ4n) is 0.301. The van der Waals surface area contributed by atoms with Crippen LogP contribution in [0.15, 0.2) is 22.7 Å². The van der Waals surface area contributed by atoms with E-state index < -0.39 is 0 Å². The van der Waals surface area contributed by atoms with E-state index in [4.69, 9.17) is 5.41 Å². The second-order valence-electron chi connectivity index (χ2n) is 1.69. The van der Waals surface area contributed by atoms with Gasteiger partial charge in [0.2, 0.25) is 0 Å². The maximum atomic E-state index is 7.03. The molecule has 0 aromatic rings. The van der Waals surface area contributed by atoms with Crippen LogP contribution in [-0.2, 0) is 0 Å². The average molecular weight is 188 g/mol. The van der Waals surface area contributed by atoms with Crippen LogP contribution in [0.4, 0.5) is 0 Å². The molecule has 0 atom stereocenters. The van der Waals surface area contributed by atoms with Gasteiger partial charge in [-0.05, 0) is 26.0 Å². The van der Waals surface area contributed by atoms with E-state index in [-0.39, 0.29) is 0 Å². The van der Waals surface area contributed by atoms with Crippen LogP contribution >= 0.6 is 15.9 Å². The quantitative estimate of drug-likeness (QED) is 0.508. The zero-order chi connectivity index (χ0) is 7.28.